The van der Waals surface area contributed by atoms with Crippen LogP contribution in [0.15, 0.2) is 48.5 Å². The molecule has 3 nitrogen and oxygen atoms in total. The molecule has 0 radical (unpaired) electrons. The fourth-order valence-electron chi connectivity index (χ4n) is 2.64. The first kappa shape index (κ1) is 18.4. The molecule has 0 saturated heterocycles. The standard InChI is InChI=1S/C21H28N2O/c1-15(22(3)4)17-9-7-11-19(13-17)21(24)20-12-8-10-18(14-20)16(2)23(5)6/h7-16H,1-6H3. The summed E-state index contributed by atoms with van der Waals surface area (Å²) in [5.41, 5.74) is 3.80. The number of hydrogen-bond acceptors (Lipinski definition) is 3. The van der Waals surface area contributed by atoms with Crippen LogP contribution in [0.2, 0.25) is 0 Å². The summed E-state index contributed by atoms with van der Waals surface area (Å²) in [6.07, 6.45) is 0. The Morgan fingerprint density at radius 2 is 1.12 bits per heavy atom. The van der Waals surface area contributed by atoms with Crippen molar-refractivity contribution >= 4 is 5.78 Å². The summed E-state index contributed by atoms with van der Waals surface area (Å²) in [5, 5.41) is 0. The zero-order chi connectivity index (χ0) is 17.9. The molecular formula is C21H28N2O. The van der Waals surface area contributed by atoms with E-state index in [-0.39, 0.29) is 17.9 Å². The fraction of sp³-hybridized carbons (Fsp3) is 0.381. The molecule has 2 aromatic rings. The van der Waals surface area contributed by atoms with Crippen LogP contribution in [0.1, 0.15) is 53.0 Å². The lowest BCUT2D eigenvalue weighted by atomic mass is 9.96. The van der Waals surface area contributed by atoms with E-state index >= 15 is 0 Å². The van der Waals surface area contributed by atoms with Gasteiger partial charge in [-0.2, -0.15) is 0 Å². The Bertz CT molecular complexity index is 647. The molecule has 0 aliphatic heterocycles. The molecule has 2 unspecified atom stereocenters. The van der Waals surface area contributed by atoms with Gasteiger partial charge in [-0.3, -0.25) is 4.79 Å². The van der Waals surface area contributed by atoms with Crippen LogP contribution in [-0.2, 0) is 0 Å². The summed E-state index contributed by atoms with van der Waals surface area (Å²) in [5.74, 6) is 0.0793. The first-order chi connectivity index (χ1) is 11.3. The SMILES string of the molecule is CC(c1cccc(C(=O)c2cccc(C(C)N(C)C)c2)c1)N(C)C. The largest absolute Gasteiger partial charge is 0.303 e. The number of carbonyl (C=O) groups is 1. The van der Waals surface area contributed by atoms with Crippen LogP contribution < -0.4 is 0 Å². The predicted octanol–water partition coefficient (Wildman–Crippen LogP) is 4.16. The van der Waals surface area contributed by atoms with E-state index in [9.17, 15) is 4.79 Å². The normalized spacial score (nSPS) is 14.0. The molecule has 0 N–H and O–H groups in total. The van der Waals surface area contributed by atoms with Gasteiger partial charge in [-0.05, 0) is 65.3 Å². The summed E-state index contributed by atoms with van der Waals surface area (Å²) >= 11 is 0. The molecule has 0 aromatic heterocycles. The molecule has 0 spiro atoms. The Kier molecular flexibility index (Phi) is 5.92. The maximum absolute atomic E-state index is 12.9. The Labute approximate surface area is 145 Å². The molecule has 0 bridgehead atoms. The highest BCUT2D eigenvalue weighted by Gasteiger charge is 2.15. The zero-order valence-electron chi connectivity index (χ0n) is 15.6. The summed E-state index contributed by atoms with van der Waals surface area (Å²) in [7, 11) is 8.19. The van der Waals surface area contributed by atoms with Crippen molar-refractivity contribution in [2.75, 3.05) is 28.2 Å². The molecule has 0 amide bonds. The van der Waals surface area contributed by atoms with Gasteiger partial charge in [-0.25, -0.2) is 0 Å². The molecule has 0 aliphatic carbocycles. The van der Waals surface area contributed by atoms with Crippen molar-refractivity contribution in [1.82, 2.24) is 9.80 Å². The van der Waals surface area contributed by atoms with E-state index in [4.69, 9.17) is 0 Å². The number of benzene rings is 2. The Morgan fingerprint density at radius 1 is 0.750 bits per heavy atom. The highest BCUT2D eigenvalue weighted by Crippen LogP contribution is 2.22. The summed E-state index contributed by atoms with van der Waals surface area (Å²) in [6.45, 7) is 4.28. The molecule has 2 aromatic carbocycles. The van der Waals surface area contributed by atoms with Gasteiger partial charge >= 0.3 is 0 Å². The van der Waals surface area contributed by atoms with Crippen LogP contribution in [0.25, 0.3) is 0 Å². The summed E-state index contributed by atoms with van der Waals surface area (Å²) < 4.78 is 0. The minimum Gasteiger partial charge on any atom is -0.303 e. The van der Waals surface area contributed by atoms with Crippen LogP contribution in [0.4, 0.5) is 0 Å². The first-order valence-corrected chi connectivity index (χ1v) is 8.38. The van der Waals surface area contributed by atoms with Crippen molar-refractivity contribution in [2.45, 2.75) is 25.9 Å². The van der Waals surface area contributed by atoms with E-state index in [1.165, 1.54) is 0 Å². The maximum Gasteiger partial charge on any atom is 0.193 e. The number of carbonyl (C=O) groups excluding carboxylic acids is 1. The molecule has 3 heteroatoms. The molecule has 2 atom stereocenters. The number of hydrogen-bond donors (Lipinski definition) is 0. The Hall–Kier alpha value is -1.97. The predicted molar refractivity (Wildman–Crippen MR) is 101 cm³/mol. The van der Waals surface area contributed by atoms with Crippen LogP contribution in [0, 0.1) is 0 Å². The highest BCUT2D eigenvalue weighted by molar-refractivity contribution is 6.09. The van der Waals surface area contributed by atoms with Crippen molar-refractivity contribution in [1.29, 1.82) is 0 Å². The van der Waals surface area contributed by atoms with E-state index in [2.05, 4.69) is 35.8 Å². The van der Waals surface area contributed by atoms with Crippen molar-refractivity contribution in [3.63, 3.8) is 0 Å². The number of rotatable bonds is 6. The molecule has 0 saturated carbocycles. The first-order valence-electron chi connectivity index (χ1n) is 8.38. The fourth-order valence-corrected chi connectivity index (χ4v) is 2.64. The third-order valence-corrected chi connectivity index (χ3v) is 4.81. The van der Waals surface area contributed by atoms with Gasteiger partial charge in [-0.1, -0.05) is 36.4 Å². The van der Waals surface area contributed by atoms with Gasteiger partial charge in [0.25, 0.3) is 0 Å². The van der Waals surface area contributed by atoms with E-state index in [1.54, 1.807) is 0 Å². The van der Waals surface area contributed by atoms with Gasteiger partial charge in [-0.15, -0.1) is 0 Å². The van der Waals surface area contributed by atoms with Gasteiger partial charge in [0.15, 0.2) is 5.78 Å². The average Bonchev–Trinajstić information content (AvgIpc) is 2.59. The van der Waals surface area contributed by atoms with Crippen molar-refractivity contribution in [3.05, 3.63) is 70.8 Å². The van der Waals surface area contributed by atoms with Crippen LogP contribution in [0.5, 0.6) is 0 Å². The zero-order valence-corrected chi connectivity index (χ0v) is 15.6. The Balaban J connectivity index is 2.32. The molecule has 0 heterocycles. The lowest BCUT2D eigenvalue weighted by molar-refractivity contribution is 0.103. The highest BCUT2D eigenvalue weighted by atomic mass is 16.1. The molecule has 128 valence electrons. The van der Waals surface area contributed by atoms with E-state index in [1.807, 2.05) is 64.6 Å². The second-order valence-corrected chi connectivity index (χ2v) is 6.86. The molecule has 0 aliphatic rings. The smallest absolute Gasteiger partial charge is 0.193 e. The van der Waals surface area contributed by atoms with E-state index in [0.717, 1.165) is 22.3 Å². The van der Waals surface area contributed by atoms with Crippen molar-refractivity contribution in [3.8, 4) is 0 Å². The molecule has 0 fully saturated rings. The van der Waals surface area contributed by atoms with Crippen LogP contribution >= 0.6 is 0 Å². The summed E-state index contributed by atoms with van der Waals surface area (Å²) in [6, 6.07) is 16.5. The van der Waals surface area contributed by atoms with Crippen LogP contribution in [-0.4, -0.2) is 43.8 Å². The van der Waals surface area contributed by atoms with Gasteiger partial charge < -0.3 is 9.80 Å². The molecule has 2 rings (SSSR count). The van der Waals surface area contributed by atoms with Gasteiger partial charge in [0.1, 0.15) is 0 Å². The van der Waals surface area contributed by atoms with Crippen molar-refractivity contribution < 1.29 is 4.79 Å². The second-order valence-electron chi connectivity index (χ2n) is 6.86. The monoisotopic (exact) mass is 324 g/mol. The van der Waals surface area contributed by atoms with Gasteiger partial charge in [0.05, 0.1) is 0 Å². The average molecular weight is 324 g/mol. The Morgan fingerprint density at radius 3 is 1.46 bits per heavy atom. The second kappa shape index (κ2) is 7.73. The van der Waals surface area contributed by atoms with Crippen LogP contribution in [0.3, 0.4) is 0 Å². The van der Waals surface area contributed by atoms with E-state index < -0.39 is 0 Å². The van der Waals surface area contributed by atoms with Gasteiger partial charge in [0, 0.05) is 23.2 Å². The lowest BCUT2D eigenvalue weighted by Crippen LogP contribution is -2.17. The third kappa shape index (κ3) is 4.11. The topological polar surface area (TPSA) is 23.6 Å². The molecule has 24 heavy (non-hydrogen) atoms. The minimum absolute atomic E-state index is 0.0793. The quantitative estimate of drug-likeness (QED) is 0.745. The van der Waals surface area contributed by atoms with E-state index in [0.29, 0.717) is 0 Å². The van der Waals surface area contributed by atoms with Crippen molar-refractivity contribution in [2.24, 2.45) is 0 Å². The maximum atomic E-state index is 12.9. The lowest BCUT2D eigenvalue weighted by Gasteiger charge is -2.21. The van der Waals surface area contributed by atoms with Gasteiger partial charge in [0.2, 0.25) is 0 Å². The summed E-state index contributed by atoms with van der Waals surface area (Å²) in [4.78, 5) is 17.2. The third-order valence-electron chi connectivity index (χ3n) is 4.81. The molecular weight excluding hydrogens is 296 g/mol. The minimum atomic E-state index is 0.0793. The number of nitrogens with zero attached hydrogens (tertiary/aromatic N) is 2. The number of ketones is 1.